The van der Waals surface area contributed by atoms with Gasteiger partial charge in [-0.2, -0.15) is 0 Å². The van der Waals surface area contributed by atoms with Crippen molar-refractivity contribution in [2.75, 3.05) is 13.2 Å². The first-order valence-electron chi connectivity index (χ1n) is 32.3. The van der Waals surface area contributed by atoms with Crippen LogP contribution in [-0.4, -0.2) is 47.4 Å². The Kier molecular flexibility index (Phi) is 59.4. The van der Waals surface area contributed by atoms with Crippen LogP contribution in [0.1, 0.15) is 373 Å². The molecule has 6 nitrogen and oxygen atoms in total. The zero-order valence-electron chi connectivity index (χ0n) is 47.8. The minimum Gasteiger partial charge on any atom is -0.466 e. The molecule has 0 fully saturated rings. The van der Waals surface area contributed by atoms with Gasteiger partial charge in [-0.1, -0.05) is 335 Å². The van der Waals surface area contributed by atoms with Crippen LogP contribution in [0.4, 0.5) is 0 Å². The molecule has 2 atom stereocenters. The van der Waals surface area contributed by atoms with Crippen LogP contribution >= 0.6 is 0 Å². The summed E-state index contributed by atoms with van der Waals surface area (Å²) in [5.74, 6) is -0.0419. The largest absolute Gasteiger partial charge is 0.466 e. The number of unbranched alkanes of at least 4 members (excludes halogenated alkanes) is 50. The van der Waals surface area contributed by atoms with Gasteiger partial charge in [-0.25, -0.2) is 0 Å². The zero-order chi connectivity index (χ0) is 50.7. The Bertz CT molecular complexity index is 1010. The molecule has 0 aromatic rings. The molecule has 0 heterocycles. The molecule has 0 saturated heterocycles. The summed E-state index contributed by atoms with van der Waals surface area (Å²) in [7, 11) is 0. The van der Waals surface area contributed by atoms with Crippen LogP contribution in [0.2, 0.25) is 0 Å². The summed E-state index contributed by atoms with van der Waals surface area (Å²) in [6, 6.07) is -0.551. The number of ether oxygens (including phenoxy) is 1. The average molecular weight is 991 g/mol. The van der Waals surface area contributed by atoms with Gasteiger partial charge < -0.3 is 20.3 Å². The van der Waals surface area contributed by atoms with Crippen LogP contribution in [0.25, 0.3) is 0 Å². The highest BCUT2D eigenvalue weighted by Gasteiger charge is 2.20. The molecule has 6 heteroatoms. The van der Waals surface area contributed by atoms with Gasteiger partial charge in [0.1, 0.15) is 0 Å². The van der Waals surface area contributed by atoms with Crippen LogP contribution in [0.5, 0.6) is 0 Å². The van der Waals surface area contributed by atoms with Crippen LogP contribution < -0.4 is 5.32 Å². The number of aliphatic hydroxyl groups is 2. The van der Waals surface area contributed by atoms with Gasteiger partial charge in [0.15, 0.2) is 0 Å². The zero-order valence-corrected chi connectivity index (χ0v) is 47.8. The average Bonchev–Trinajstić information content (AvgIpc) is 3.36. The topological polar surface area (TPSA) is 95.9 Å². The van der Waals surface area contributed by atoms with Gasteiger partial charge in [-0.15, -0.1) is 0 Å². The maximum Gasteiger partial charge on any atom is 0.305 e. The van der Waals surface area contributed by atoms with Gasteiger partial charge in [-0.05, 0) is 25.7 Å². The number of nitrogens with one attached hydrogen (secondary N) is 1. The number of rotatable bonds is 61. The first-order chi connectivity index (χ1) is 34.5. The van der Waals surface area contributed by atoms with E-state index in [-0.39, 0.29) is 18.5 Å². The summed E-state index contributed by atoms with van der Waals surface area (Å²) >= 11 is 0. The minimum atomic E-state index is -0.673. The molecule has 70 heavy (non-hydrogen) atoms. The molecule has 0 rings (SSSR count). The molecule has 0 radical (unpaired) electrons. The third-order valence-electron chi connectivity index (χ3n) is 15.4. The molecule has 0 spiro atoms. The molecule has 2 unspecified atom stereocenters. The van der Waals surface area contributed by atoms with Crippen molar-refractivity contribution in [3.8, 4) is 0 Å². The Balaban J connectivity index is 3.41. The quantitative estimate of drug-likeness (QED) is 0.0417. The Hall–Kier alpha value is -1.14. The maximum atomic E-state index is 12.5. The third kappa shape index (κ3) is 56.2. The highest BCUT2D eigenvalue weighted by atomic mass is 16.5. The van der Waals surface area contributed by atoms with Gasteiger partial charge in [0.2, 0.25) is 5.91 Å². The number of hydrogen-bond donors (Lipinski definition) is 3. The maximum absolute atomic E-state index is 12.5. The summed E-state index contributed by atoms with van der Waals surface area (Å²) < 4.78 is 5.49. The van der Waals surface area contributed by atoms with E-state index in [2.05, 4.69) is 19.2 Å². The van der Waals surface area contributed by atoms with Crippen molar-refractivity contribution >= 4 is 11.9 Å². The number of carbonyl (C=O) groups is 2. The Morgan fingerprint density at radius 3 is 0.871 bits per heavy atom. The van der Waals surface area contributed by atoms with E-state index in [0.717, 1.165) is 51.4 Å². The summed E-state index contributed by atoms with van der Waals surface area (Å²) in [5, 5.41) is 23.4. The lowest BCUT2D eigenvalue weighted by Crippen LogP contribution is -2.45. The molecule has 0 saturated carbocycles. The van der Waals surface area contributed by atoms with E-state index in [4.69, 9.17) is 4.74 Å². The van der Waals surface area contributed by atoms with Crippen molar-refractivity contribution in [1.82, 2.24) is 5.32 Å². The monoisotopic (exact) mass is 990 g/mol. The summed E-state index contributed by atoms with van der Waals surface area (Å²) in [6.07, 6.45) is 71.1. The highest BCUT2D eigenvalue weighted by Crippen LogP contribution is 2.19. The normalized spacial score (nSPS) is 12.5. The minimum absolute atomic E-state index is 0.000320. The van der Waals surface area contributed by atoms with E-state index in [9.17, 15) is 19.8 Å². The van der Waals surface area contributed by atoms with Gasteiger partial charge in [0.25, 0.3) is 0 Å². The number of aliphatic hydroxyl groups excluding tert-OH is 2. The Labute approximate surface area is 438 Å². The van der Waals surface area contributed by atoms with Gasteiger partial charge in [-0.3, -0.25) is 9.59 Å². The number of hydrogen-bond acceptors (Lipinski definition) is 5. The number of esters is 1. The highest BCUT2D eigenvalue weighted by molar-refractivity contribution is 5.76. The van der Waals surface area contributed by atoms with Crippen LogP contribution in [0, 0.1) is 0 Å². The Morgan fingerprint density at radius 1 is 0.343 bits per heavy atom. The fraction of sp³-hybridized carbons (Fsp3) is 0.969. The molecule has 0 aromatic heterocycles. The van der Waals surface area contributed by atoms with E-state index in [1.807, 2.05) is 0 Å². The molecule has 0 aliphatic heterocycles. The predicted molar refractivity (Wildman–Crippen MR) is 306 cm³/mol. The van der Waals surface area contributed by atoms with E-state index < -0.39 is 12.1 Å². The van der Waals surface area contributed by atoms with Gasteiger partial charge in [0, 0.05) is 12.8 Å². The second-order valence-corrected chi connectivity index (χ2v) is 22.5. The standard InChI is InChI=1S/C64H127NO5/c1-3-5-7-9-11-13-15-17-19-21-22-23-24-25-26-28-29-32-36-40-44-48-52-56-62(67)61(60-66)65-63(68)57-53-49-45-41-37-33-31-35-39-43-47-51-55-59-70-64(69)58-54-50-46-42-38-34-30-27-20-18-16-14-12-10-8-6-4-2/h61-62,66-67H,3-60H2,1-2H3,(H,65,68). The van der Waals surface area contributed by atoms with Crippen molar-refractivity contribution in [2.24, 2.45) is 0 Å². The molecule has 0 aromatic carbocycles. The van der Waals surface area contributed by atoms with E-state index in [1.165, 1.54) is 289 Å². The second kappa shape index (κ2) is 60.4. The Morgan fingerprint density at radius 2 is 0.586 bits per heavy atom. The molecule has 418 valence electrons. The van der Waals surface area contributed by atoms with Crippen molar-refractivity contribution < 1.29 is 24.5 Å². The lowest BCUT2D eigenvalue weighted by atomic mass is 10.0. The fourth-order valence-corrected chi connectivity index (χ4v) is 10.5. The molecule has 0 bridgehead atoms. The third-order valence-corrected chi connectivity index (χ3v) is 15.4. The smallest absolute Gasteiger partial charge is 0.305 e. The summed E-state index contributed by atoms with van der Waals surface area (Å²) in [6.45, 7) is 4.97. The molecular formula is C64H127NO5. The van der Waals surface area contributed by atoms with Crippen molar-refractivity contribution in [1.29, 1.82) is 0 Å². The second-order valence-electron chi connectivity index (χ2n) is 22.5. The number of amides is 1. The van der Waals surface area contributed by atoms with Gasteiger partial charge in [0.05, 0.1) is 25.4 Å². The lowest BCUT2D eigenvalue weighted by molar-refractivity contribution is -0.143. The summed E-state index contributed by atoms with van der Waals surface area (Å²) in [4.78, 5) is 24.6. The predicted octanol–water partition coefficient (Wildman–Crippen LogP) is 20.3. The van der Waals surface area contributed by atoms with E-state index >= 15 is 0 Å². The van der Waals surface area contributed by atoms with Crippen LogP contribution in [0.3, 0.4) is 0 Å². The number of carbonyl (C=O) groups excluding carboxylic acids is 2. The van der Waals surface area contributed by atoms with Crippen molar-refractivity contribution in [3.05, 3.63) is 0 Å². The molecule has 3 N–H and O–H groups in total. The van der Waals surface area contributed by atoms with E-state index in [0.29, 0.717) is 25.9 Å². The van der Waals surface area contributed by atoms with Crippen molar-refractivity contribution in [3.63, 3.8) is 0 Å². The lowest BCUT2D eigenvalue weighted by Gasteiger charge is -2.22. The molecule has 0 aliphatic rings. The van der Waals surface area contributed by atoms with Crippen molar-refractivity contribution in [2.45, 2.75) is 386 Å². The first-order valence-corrected chi connectivity index (χ1v) is 32.3. The molecule has 0 aliphatic carbocycles. The van der Waals surface area contributed by atoms with E-state index in [1.54, 1.807) is 0 Å². The summed E-state index contributed by atoms with van der Waals surface area (Å²) in [5.41, 5.74) is 0. The SMILES string of the molecule is CCCCCCCCCCCCCCCCCCCCCCCCCC(O)C(CO)NC(=O)CCCCCCCCCCCCCCCOC(=O)CCCCCCCCCCCCCCCCCCC. The molecular weight excluding hydrogens is 863 g/mol. The van der Waals surface area contributed by atoms with Crippen LogP contribution in [0.15, 0.2) is 0 Å². The molecule has 1 amide bonds. The van der Waals surface area contributed by atoms with Gasteiger partial charge >= 0.3 is 5.97 Å². The first kappa shape index (κ1) is 68.9. The van der Waals surface area contributed by atoms with Crippen LogP contribution in [-0.2, 0) is 14.3 Å². The fourth-order valence-electron chi connectivity index (χ4n) is 10.5.